The van der Waals surface area contributed by atoms with E-state index in [-0.39, 0.29) is 10.7 Å². The van der Waals surface area contributed by atoms with Gasteiger partial charge in [-0.05, 0) is 61.1 Å². The zero-order valence-corrected chi connectivity index (χ0v) is 20.6. The summed E-state index contributed by atoms with van der Waals surface area (Å²) < 4.78 is 45.3. The maximum Gasteiger partial charge on any atom is 0.243 e. The number of rotatable bonds is 7. The van der Waals surface area contributed by atoms with E-state index in [4.69, 9.17) is 17.0 Å². The number of aryl methyl sites for hydroxylation is 1. The second-order valence-corrected chi connectivity index (χ2v) is 10.2. The van der Waals surface area contributed by atoms with Gasteiger partial charge in [-0.1, -0.05) is 12.1 Å². The number of benzene rings is 2. The molecule has 1 saturated heterocycles. The maximum atomic E-state index is 13.1. The van der Waals surface area contributed by atoms with Gasteiger partial charge in [0.25, 0.3) is 0 Å². The van der Waals surface area contributed by atoms with Gasteiger partial charge in [-0.2, -0.15) is 9.29 Å². The standard InChI is InChI=1S/C23H25FN6O3S2/c1-16-14-21(27-19-6-4-18(24)5-7-19)28-22(26-16)29-23(34)25-15-17-2-8-20(9-3-17)35(31,32)30-10-12-33-13-11-30/h2-9,14H,10-13,15H2,1H3,(H3,25,26,27,28,29,34). The minimum absolute atomic E-state index is 0.248. The van der Waals surface area contributed by atoms with Crippen molar-refractivity contribution in [1.82, 2.24) is 19.6 Å². The molecule has 0 unspecified atom stereocenters. The lowest BCUT2D eigenvalue weighted by atomic mass is 10.2. The van der Waals surface area contributed by atoms with Crippen LogP contribution in [0.25, 0.3) is 0 Å². The predicted octanol–water partition coefficient (Wildman–Crippen LogP) is 3.18. The largest absolute Gasteiger partial charge is 0.379 e. The van der Waals surface area contributed by atoms with E-state index in [1.54, 1.807) is 42.5 Å². The summed E-state index contributed by atoms with van der Waals surface area (Å²) >= 11 is 5.36. The van der Waals surface area contributed by atoms with Crippen LogP contribution in [0.2, 0.25) is 0 Å². The molecule has 0 atom stereocenters. The van der Waals surface area contributed by atoms with E-state index in [0.717, 1.165) is 5.56 Å². The number of hydrogen-bond acceptors (Lipinski definition) is 7. The Labute approximate surface area is 208 Å². The first-order valence-corrected chi connectivity index (χ1v) is 12.7. The second-order valence-electron chi connectivity index (χ2n) is 7.82. The molecule has 1 fully saturated rings. The van der Waals surface area contributed by atoms with Gasteiger partial charge < -0.3 is 20.7 Å². The lowest BCUT2D eigenvalue weighted by Gasteiger charge is -2.26. The average molecular weight is 517 g/mol. The molecule has 1 aromatic heterocycles. The summed E-state index contributed by atoms with van der Waals surface area (Å²) in [4.78, 5) is 8.98. The number of aromatic nitrogens is 2. The quantitative estimate of drug-likeness (QED) is 0.408. The predicted molar refractivity (Wildman–Crippen MR) is 136 cm³/mol. The van der Waals surface area contributed by atoms with Crippen molar-refractivity contribution in [3.05, 3.63) is 71.7 Å². The molecule has 3 aromatic rings. The van der Waals surface area contributed by atoms with Crippen molar-refractivity contribution in [2.45, 2.75) is 18.4 Å². The topological polar surface area (TPSA) is 108 Å². The van der Waals surface area contributed by atoms with Crippen molar-refractivity contribution >= 4 is 44.8 Å². The summed E-state index contributed by atoms with van der Waals surface area (Å²) in [7, 11) is -3.53. The summed E-state index contributed by atoms with van der Waals surface area (Å²) in [6.07, 6.45) is 0. The third kappa shape index (κ3) is 6.69. The molecule has 0 spiro atoms. The Bertz CT molecular complexity index is 1280. The number of morpholine rings is 1. The van der Waals surface area contributed by atoms with Gasteiger partial charge in [0.05, 0.1) is 18.1 Å². The van der Waals surface area contributed by atoms with Crippen molar-refractivity contribution in [2.75, 3.05) is 36.9 Å². The van der Waals surface area contributed by atoms with Gasteiger partial charge in [0.2, 0.25) is 16.0 Å². The first-order valence-electron chi connectivity index (χ1n) is 10.9. The second kappa shape index (κ2) is 11.0. The number of halogens is 1. The van der Waals surface area contributed by atoms with Crippen LogP contribution in [0.3, 0.4) is 0 Å². The van der Waals surface area contributed by atoms with Gasteiger partial charge in [-0.15, -0.1) is 0 Å². The van der Waals surface area contributed by atoms with E-state index in [0.29, 0.717) is 61.1 Å². The number of nitrogens with zero attached hydrogens (tertiary/aromatic N) is 3. The van der Waals surface area contributed by atoms with Crippen LogP contribution in [0, 0.1) is 12.7 Å². The molecular weight excluding hydrogens is 491 g/mol. The zero-order valence-electron chi connectivity index (χ0n) is 19.0. The van der Waals surface area contributed by atoms with Gasteiger partial charge in [0.1, 0.15) is 11.6 Å². The van der Waals surface area contributed by atoms with Crippen molar-refractivity contribution in [2.24, 2.45) is 0 Å². The third-order valence-electron chi connectivity index (χ3n) is 5.18. The Hall–Kier alpha value is -3.19. The number of nitrogens with one attached hydrogen (secondary N) is 3. The Morgan fingerprint density at radius 3 is 2.46 bits per heavy atom. The number of ether oxygens (including phenoxy) is 1. The van der Waals surface area contributed by atoms with Gasteiger partial charge in [-0.25, -0.2) is 17.8 Å². The van der Waals surface area contributed by atoms with E-state index in [1.165, 1.54) is 16.4 Å². The Kier molecular flexibility index (Phi) is 7.86. The highest BCUT2D eigenvalue weighted by molar-refractivity contribution is 7.89. The molecule has 0 bridgehead atoms. The molecule has 35 heavy (non-hydrogen) atoms. The molecule has 1 aliphatic rings. The average Bonchev–Trinajstić information content (AvgIpc) is 2.85. The van der Waals surface area contributed by atoms with Crippen LogP contribution >= 0.6 is 12.2 Å². The number of sulfonamides is 1. The number of anilines is 3. The van der Waals surface area contributed by atoms with E-state index < -0.39 is 10.0 Å². The van der Waals surface area contributed by atoms with Crippen LogP contribution in [0.1, 0.15) is 11.3 Å². The minimum atomic E-state index is -3.53. The molecule has 0 amide bonds. The minimum Gasteiger partial charge on any atom is -0.379 e. The van der Waals surface area contributed by atoms with Crippen LogP contribution in [-0.4, -0.2) is 54.1 Å². The first kappa shape index (κ1) is 24.9. The van der Waals surface area contributed by atoms with Crippen LogP contribution in [0.15, 0.2) is 59.5 Å². The molecule has 184 valence electrons. The molecule has 4 rings (SSSR count). The highest BCUT2D eigenvalue weighted by atomic mass is 32.2. The lowest BCUT2D eigenvalue weighted by molar-refractivity contribution is 0.0730. The van der Waals surface area contributed by atoms with Crippen LogP contribution in [0.4, 0.5) is 21.8 Å². The SMILES string of the molecule is Cc1cc(Nc2ccc(F)cc2)nc(NC(=S)NCc2ccc(S(=O)(=O)N3CCOCC3)cc2)n1. The highest BCUT2D eigenvalue weighted by Crippen LogP contribution is 2.19. The van der Waals surface area contributed by atoms with Gasteiger partial charge in [0.15, 0.2) is 5.11 Å². The molecule has 2 aromatic carbocycles. The molecule has 0 aliphatic carbocycles. The Morgan fingerprint density at radius 1 is 1.09 bits per heavy atom. The lowest BCUT2D eigenvalue weighted by Crippen LogP contribution is -2.40. The molecule has 3 N–H and O–H groups in total. The molecule has 1 aliphatic heterocycles. The summed E-state index contributed by atoms with van der Waals surface area (Å²) in [5.74, 6) is 0.520. The molecule has 12 heteroatoms. The highest BCUT2D eigenvalue weighted by Gasteiger charge is 2.26. The smallest absolute Gasteiger partial charge is 0.243 e. The summed E-state index contributed by atoms with van der Waals surface area (Å²) in [5, 5.41) is 9.43. The fraction of sp³-hybridized carbons (Fsp3) is 0.261. The van der Waals surface area contributed by atoms with Gasteiger partial charge in [0, 0.05) is 37.1 Å². The van der Waals surface area contributed by atoms with Crippen molar-refractivity contribution < 1.29 is 17.5 Å². The van der Waals surface area contributed by atoms with Crippen molar-refractivity contribution in [1.29, 1.82) is 0 Å². The third-order valence-corrected chi connectivity index (χ3v) is 7.34. The van der Waals surface area contributed by atoms with Crippen molar-refractivity contribution in [3.63, 3.8) is 0 Å². The summed E-state index contributed by atoms with van der Waals surface area (Å²) in [6, 6.07) is 14.4. The van der Waals surface area contributed by atoms with Crippen LogP contribution in [0.5, 0.6) is 0 Å². The summed E-state index contributed by atoms with van der Waals surface area (Å²) in [6.45, 7) is 3.73. The molecular formula is C23H25FN6O3S2. The first-order chi connectivity index (χ1) is 16.8. The van der Waals surface area contributed by atoms with Crippen LogP contribution in [-0.2, 0) is 21.3 Å². The Morgan fingerprint density at radius 2 is 1.77 bits per heavy atom. The zero-order chi connectivity index (χ0) is 24.8. The monoisotopic (exact) mass is 516 g/mol. The molecule has 9 nitrogen and oxygen atoms in total. The summed E-state index contributed by atoms with van der Waals surface area (Å²) in [5.41, 5.74) is 2.26. The molecule has 0 saturated carbocycles. The van der Waals surface area contributed by atoms with Gasteiger partial charge in [-0.3, -0.25) is 0 Å². The fourth-order valence-electron chi connectivity index (χ4n) is 3.41. The maximum absolute atomic E-state index is 13.1. The van der Waals surface area contributed by atoms with E-state index >= 15 is 0 Å². The normalized spacial score (nSPS) is 14.3. The fourth-order valence-corrected chi connectivity index (χ4v) is 4.98. The number of hydrogen-bond donors (Lipinski definition) is 3. The van der Waals surface area contributed by atoms with Crippen molar-refractivity contribution in [3.8, 4) is 0 Å². The van der Waals surface area contributed by atoms with E-state index in [9.17, 15) is 12.8 Å². The molecule has 2 heterocycles. The van der Waals surface area contributed by atoms with Gasteiger partial charge >= 0.3 is 0 Å². The number of thiocarbonyl (C=S) groups is 1. The van der Waals surface area contributed by atoms with E-state index in [2.05, 4.69) is 25.9 Å². The van der Waals surface area contributed by atoms with E-state index in [1.807, 2.05) is 6.92 Å². The Balaban J connectivity index is 1.33. The van der Waals surface area contributed by atoms with Crippen LogP contribution < -0.4 is 16.0 Å². The molecule has 0 radical (unpaired) electrons.